The van der Waals surface area contributed by atoms with Crippen LogP contribution in [0.15, 0.2) is 53.5 Å². The highest BCUT2D eigenvalue weighted by Gasteiger charge is 2.14. The molecule has 1 heterocycles. The van der Waals surface area contributed by atoms with Crippen molar-refractivity contribution in [1.82, 2.24) is 10.6 Å². The van der Waals surface area contributed by atoms with Gasteiger partial charge in [0.2, 0.25) is 5.91 Å². The molecular weight excluding hydrogens is 525 g/mol. The standard InChI is InChI=1S/C26H37N5O.HI/c1-5-27-26(28-18-21-11-13-23(14-12-21)30-25(32)19(2)3)29-20(4)22-9-8-10-24(17-22)31-15-6-7-16-31;/h8-14,17,19-20H,5-7,15-16,18H2,1-4H3,(H,30,32)(H2,27,28,29);1H. The fraction of sp³-hybridized carbons (Fsp3) is 0.462. The number of nitrogens with zero attached hydrogens (tertiary/aromatic N) is 2. The van der Waals surface area contributed by atoms with Crippen molar-refractivity contribution < 1.29 is 4.79 Å². The number of carbonyl (C=O) groups excluding carboxylic acids is 1. The van der Waals surface area contributed by atoms with Gasteiger partial charge in [-0.05, 0) is 62.1 Å². The molecule has 3 rings (SSSR count). The van der Waals surface area contributed by atoms with Crippen molar-refractivity contribution in [2.24, 2.45) is 10.9 Å². The molecule has 6 nitrogen and oxygen atoms in total. The van der Waals surface area contributed by atoms with Crippen molar-refractivity contribution in [2.45, 2.75) is 53.1 Å². The van der Waals surface area contributed by atoms with E-state index in [9.17, 15) is 4.79 Å². The summed E-state index contributed by atoms with van der Waals surface area (Å²) in [4.78, 5) is 19.1. The molecule has 7 heteroatoms. The Bertz CT molecular complexity index is 907. The van der Waals surface area contributed by atoms with Gasteiger partial charge in [0.25, 0.3) is 0 Å². The monoisotopic (exact) mass is 563 g/mol. The number of halogens is 1. The molecule has 2 aromatic carbocycles. The largest absolute Gasteiger partial charge is 0.372 e. The molecule has 1 aliphatic rings. The molecular formula is C26H38IN5O. The van der Waals surface area contributed by atoms with Gasteiger partial charge in [-0.2, -0.15) is 0 Å². The third-order valence-electron chi connectivity index (χ3n) is 5.70. The van der Waals surface area contributed by atoms with Crippen LogP contribution in [0.2, 0.25) is 0 Å². The van der Waals surface area contributed by atoms with Crippen LogP contribution < -0.4 is 20.9 Å². The second-order valence-electron chi connectivity index (χ2n) is 8.69. The number of amides is 1. The zero-order chi connectivity index (χ0) is 22.9. The Labute approximate surface area is 215 Å². The Morgan fingerprint density at radius 2 is 1.76 bits per heavy atom. The third-order valence-corrected chi connectivity index (χ3v) is 5.70. The second-order valence-corrected chi connectivity index (χ2v) is 8.69. The van der Waals surface area contributed by atoms with Crippen LogP contribution in [-0.2, 0) is 11.3 Å². The Hall–Kier alpha value is -2.29. The minimum Gasteiger partial charge on any atom is -0.372 e. The number of nitrogens with one attached hydrogen (secondary N) is 3. The summed E-state index contributed by atoms with van der Waals surface area (Å²) < 4.78 is 0. The van der Waals surface area contributed by atoms with E-state index in [2.05, 4.69) is 59.0 Å². The van der Waals surface area contributed by atoms with Crippen LogP contribution in [0.5, 0.6) is 0 Å². The lowest BCUT2D eigenvalue weighted by atomic mass is 10.1. The number of anilines is 2. The van der Waals surface area contributed by atoms with E-state index in [0.29, 0.717) is 6.54 Å². The van der Waals surface area contributed by atoms with Gasteiger partial charge in [0, 0.05) is 36.9 Å². The smallest absolute Gasteiger partial charge is 0.226 e. The SMILES string of the molecule is CCNC(=NCc1ccc(NC(=O)C(C)C)cc1)NC(C)c1cccc(N2CCCC2)c1.I. The van der Waals surface area contributed by atoms with Crippen molar-refractivity contribution in [3.8, 4) is 0 Å². The highest BCUT2D eigenvalue weighted by Crippen LogP contribution is 2.24. The summed E-state index contributed by atoms with van der Waals surface area (Å²) in [6, 6.07) is 16.8. The summed E-state index contributed by atoms with van der Waals surface area (Å²) in [7, 11) is 0. The molecule has 180 valence electrons. The number of carbonyl (C=O) groups is 1. The van der Waals surface area contributed by atoms with E-state index in [1.165, 1.54) is 24.1 Å². The zero-order valence-corrected chi connectivity index (χ0v) is 22.6. The van der Waals surface area contributed by atoms with Crippen molar-refractivity contribution in [3.05, 3.63) is 59.7 Å². The average Bonchev–Trinajstić information content (AvgIpc) is 3.33. The zero-order valence-electron chi connectivity index (χ0n) is 20.2. The van der Waals surface area contributed by atoms with Crippen molar-refractivity contribution in [1.29, 1.82) is 0 Å². The number of guanidine groups is 1. The van der Waals surface area contributed by atoms with Gasteiger partial charge >= 0.3 is 0 Å². The fourth-order valence-electron chi connectivity index (χ4n) is 3.73. The molecule has 0 saturated carbocycles. The maximum absolute atomic E-state index is 11.8. The summed E-state index contributed by atoms with van der Waals surface area (Å²) in [5.41, 5.74) is 4.46. The van der Waals surface area contributed by atoms with Crippen LogP contribution in [0, 0.1) is 5.92 Å². The Morgan fingerprint density at radius 3 is 2.39 bits per heavy atom. The van der Waals surface area contributed by atoms with Gasteiger partial charge in [-0.1, -0.05) is 38.1 Å². The van der Waals surface area contributed by atoms with Gasteiger partial charge in [0.1, 0.15) is 0 Å². The summed E-state index contributed by atoms with van der Waals surface area (Å²) in [6.45, 7) is 11.7. The van der Waals surface area contributed by atoms with Gasteiger partial charge in [-0.15, -0.1) is 24.0 Å². The van der Waals surface area contributed by atoms with Crippen molar-refractivity contribution in [2.75, 3.05) is 29.9 Å². The third kappa shape index (κ3) is 8.21. The normalized spacial score (nSPS) is 14.6. The first-order valence-corrected chi connectivity index (χ1v) is 11.8. The van der Waals surface area contributed by atoms with Gasteiger partial charge in [-0.3, -0.25) is 4.79 Å². The molecule has 1 amide bonds. The molecule has 0 radical (unpaired) electrons. The van der Waals surface area contributed by atoms with Crippen molar-refractivity contribution in [3.63, 3.8) is 0 Å². The lowest BCUT2D eigenvalue weighted by Gasteiger charge is -2.22. The second kappa shape index (κ2) is 13.4. The average molecular weight is 564 g/mol. The highest BCUT2D eigenvalue weighted by molar-refractivity contribution is 14.0. The molecule has 3 N–H and O–H groups in total. The number of rotatable bonds is 8. The maximum Gasteiger partial charge on any atom is 0.226 e. The molecule has 1 saturated heterocycles. The molecule has 0 spiro atoms. The van der Waals surface area contributed by atoms with Gasteiger partial charge in [-0.25, -0.2) is 4.99 Å². The minimum absolute atomic E-state index is 0. The fourth-order valence-corrected chi connectivity index (χ4v) is 3.73. The summed E-state index contributed by atoms with van der Waals surface area (Å²) >= 11 is 0. The Kier molecular flexibility index (Phi) is 11.0. The molecule has 1 fully saturated rings. The first kappa shape index (κ1) is 27.0. The van der Waals surface area contributed by atoms with Gasteiger partial charge < -0.3 is 20.9 Å². The molecule has 1 unspecified atom stereocenters. The van der Waals surface area contributed by atoms with Crippen LogP contribution in [0.1, 0.15) is 57.7 Å². The number of benzene rings is 2. The van der Waals surface area contributed by atoms with E-state index in [0.717, 1.165) is 36.8 Å². The van der Waals surface area contributed by atoms with E-state index >= 15 is 0 Å². The van der Waals surface area contributed by atoms with E-state index in [1.54, 1.807) is 0 Å². The lowest BCUT2D eigenvalue weighted by Crippen LogP contribution is -2.38. The predicted molar refractivity (Wildman–Crippen MR) is 150 cm³/mol. The molecule has 33 heavy (non-hydrogen) atoms. The molecule has 1 aliphatic heterocycles. The Morgan fingerprint density at radius 1 is 1.06 bits per heavy atom. The van der Waals surface area contributed by atoms with Gasteiger partial charge in [0.15, 0.2) is 5.96 Å². The molecule has 1 atom stereocenters. The van der Waals surface area contributed by atoms with E-state index in [4.69, 9.17) is 4.99 Å². The predicted octanol–water partition coefficient (Wildman–Crippen LogP) is 5.32. The molecule has 0 aliphatic carbocycles. The van der Waals surface area contributed by atoms with Crippen LogP contribution in [0.4, 0.5) is 11.4 Å². The first-order chi connectivity index (χ1) is 15.5. The maximum atomic E-state index is 11.8. The molecule has 0 bridgehead atoms. The highest BCUT2D eigenvalue weighted by atomic mass is 127. The molecule has 0 aromatic heterocycles. The van der Waals surface area contributed by atoms with Crippen LogP contribution in [0.25, 0.3) is 0 Å². The van der Waals surface area contributed by atoms with Gasteiger partial charge in [0.05, 0.1) is 12.6 Å². The summed E-state index contributed by atoms with van der Waals surface area (Å²) in [6.07, 6.45) is 2.56. The molecule has 2 aromatic rings. The van der Waals surface area contributed by atoms with E-state index < -0.39 is 0 Å². The topological polar surface area (TPSA) is 68.8 Å². The van der Waals surface area contributed by atoms with Crippen LogP contribution in [0.3, 0.4) is 0 Å². The van der Waals surface area contributed by atoms with Crippen molar-refractivity contribution >= 4 is 47.2 Å². The minimum atomic E-state index is -0.0361. The lowest BCUT2D eigenvalue weighted by molar-refractivity contribution is -0.118. The van der Waals surface area contributed by atoms with E-state index in [1.807, 2.05) is 38.1 Å². The van der Waals surface area contributed by atoms with Crippen LogP contribution >= 0.6 is 24.0 Å². The number of hydrogen-bond acceptors (Lipinski definition) is 3. The Balaban J connectivity index is 0.00000385. The van der Waals surface area contributed by atoms with E-state index in [-0.39, 0.29) is 41.8 Å². The number of aliphatic imine (C=N–C) groups is 1. The summed E-state index contributed by atoms with van der Waals surface area (Å²) in [5.74, 6) is 0.784. The van der Waals surface area contributed by atoms with Crippen LogP contribution in [-0.4, -0.2) is 31.5 Å². The number of hydrogen-bond donors (Lipinski definition) is 3. The first-order valence-electron chi connectivity index (χ1n) is 11.8. The summed E-state index contributed by atoms with van der Waals surface area (Å²) in [5, 5.41) is 9.80. The quantitative estimate of drug-likeness (QED) is 0.231.